The number of nitrogens with two attached hydrogens (primary N) is 2. The van der Waals surface area contributed by atoms with Crippen LogP contribution in [0.2, 0.25) is 0 Å². The first-order valence-corrected chi connectivity index (χ1v) is 3.49. The van der Waals surface area contributed by atoms with Gasteiger partial charge in [0.25, 0.3) is 6.43 Å². The molecule has 6 heteroatoms. The van der Waals surface area contributed by atoms with E-state index in [-0.39, 0.29) is 17.8 Å². The molecule has 0 spiro atoms. The number of pyridine rings is 1. The van der Waals surface area contributed by atoms with Crippen LogP contribution in [0.25, 0.3) is 0 Å². The molecule has 0 unspecified atom stereocenters. The Morgan fingerprint density at radius 3 is 2.54 bits per heavy atom. The van der Waals surface area contributed by atoms with Gasteiger partial charge in [0.2, 0.25) is 5.95 Å². The summed E-state index contributed by atoms with van der Waals surface area (Å²) in [5, 5.41) is 0. The van der Waals surface area contributed by atoms with E-state index in [4.69, 9.17) is 11.5 Å². The molecule has 1 heterocycles. The van der Waals surface area contributed by atoms with Gasteiger partial charge in [-0.05, 0) is 0 Å². The lowest BCUT2D eigenvalue weighted by Gasteiger charge is -2.08. The SMILES string of the molecule is NCc1c(N)cc(F)nc1C(F)F. The van der Waals surface area contributed by atoms with E-state index in [1.807, 2.05) is 0 Å². The van der Waals surface area contributed by atoms with Crippen molar-refractivity contribution in [2.24, 2.45) is 5.73 Å². The minimum absolute atomic E-state index is 0.00333. The van der Waals surface area contributed by atoms with Crippen LogP contribution in [0.4, 0.5) is 18.9 Å². The lowest BCUT2D eigenvalue weighted by molar-refractivity contribution is 0.143. The number of alkyl halides is 2. The van der Waals surface area contributed by atoms with Gasteiger partial charge in [0.05, 0.1) is 0 Å². The molecular formula is C7H8F3N3. The molecule has 3 nitrogen and oxygen atoms in total. The van der Waals surface area contributed by atoms with Gasteiger partial charge >= 0.3 is 0 Å². The van der Waals surface area contributed by atoms with E-state index in [0.717, 1.165) is 6.07 Å². The molecule has 0 fully saturated rings. The van der Waals surface area contributed by atoms with Crippen molar-refractivity contribution in [3.8, 4) is 0 Å². The van der Waals surface area contributed by atoms with Crippen LogP contribution in [0.15, 0.2) is 6.07 Å². The fraction of sp³-hybridized carbons (Fsp3) is 0.286. The van der Waals surface area contributed by atoms with Crippen LogP contribution in [0.1, 0.15) is 17.7 Å². The third-order valence-corrected chi connectivity index (χ3v) is 1.57. The lowest BCUT2D eigenvalue weighted by atomic mass is 10.1. The summed E-state index contributed by atoms with van der Waals surface area (Å²) in [6.07, 6.45) is -2.86. The quantitative estimate of drug-likeness (QED) is 0.690. The van der Waals surface area contributed by atoms with E-state index >= 15 is 0 Å². The van der Waals surface area contributed by atoms with E-state index in [0.29, 0.717) is 0 Å². The Bertz CT molecular complexity index is 314. The molecule has 0 aromatic carbocycles. The van der Waals surface area contributed by atoms with Crippen molar-refractivity contribution < 1.29 is 13.2 Å². The number of anilines is 1. The fourth-order valence-corrected chi connectivity index (χ4v) is 0.981. The smallest absolute Gasteiger partial charge is 0.280 e. The summed E-state index contributed by atoms with van der Waals surface area (Å²) >= 11 is 0. The zero-order valence-electron chi connectivity index (χ0n) is 6.60. The number of aromatic nitrogens is 1. The van der Waals surface area contributed by atoms with E-state index in [1.165, 1.54) is 0 Å². The minimum atomic E-state index is -2.86. The first-order valence-electron chi connectivity index (χ1n) is 3.49. The van der Waals surface area contributed by atoms with Crippen LogP contribution in [0.5, 0.6) is 0 Å². The summed E-state index contributed by atoms with van der Waals surface area (Å²) in [5.74, 6) is -1.02. The largest absolute Gasteiger partial charge is 0.398 e. The Morgan fingerprint density at radius 2 is 2.08 bits per heavy atom. The monoisotopic (exact) mass is 191 g/mol. The number of nitrogens with zero attached hydrogens (tertiary/aromatic N) is 1. The summed E-state index contributed by atoms with van der Waals surface area (Å²) < 4.78 is 37.0. The lowest BCUT2D eigenvalue weighted by Crippen LogP contribution is -2.09. The molecule has 13 heavy (non-hydrogen) atoms. The molecule has 1 rings (SSSR count). The van der Waals surface area contributed by atoms with Gasteiger partial charge in [0.15, 0.2) is 0 Å². The topological polar surface area (TPSA) is 64.9 Å². The van der Waals surface area contributed by atoms with Crippen molar-refractivity contribution in [2.75, 3.05) is 5.73 Å². The summed E-state index contributed by atoms with van der Waals surface area (Å²) in [4.78, 5) is 3.03. The second-order valence-corrected chi connectivity index (χ2v) is 2.40. The Kier molecular flexibility index (Phi) is 2.72. The van der Waals surface area contributed by atoms with Crippen molar-refractivity contribution in [1.82, 2.24) is 4.98 Å². The third-order valence-electron chi connectivity index (χ3n) is 1.57. The summed E-state index contributed by atoms with van der Waals surface area (Å²) in [7, 11) is 0. The highest BCUT2D eigenvalue weighted by Crippen LogP contribution is 2.24. The Labute approximate surface area is 72.6 Å². The molecule has 1 aromatic heterocycles. The Hall–Kier alpha value is -1.30. The molecule has 0 aliphatic carbocycles. The molecular weight excluding hydrogens is 183 g/mol. The number of rotatable bonds is 2. The molecule has 0 aliphatic heterocycles. The molecule has 4 N–H and O–H groups in total. The average molecular weight is 191 g/mol. The maximum Gasteiger partial charge on any atom is 0.280 e. The summed E-state index contributed by atoms with van der Waals surface area (Å²) in [6, 6.07) is 0.869. The third kappa shape index (κ3) is 1.89. The van der Waals surface area contributed by atoms with Crippen molar-refractivity contribution in [3.63, 3.8) is 0 Å². The first kappa shape index (κ1) is 9.79. The van der Waals surface area contributed by atoms with Crippen molar-refractivity contribution >= 4 is 5.69 Å². The molecule has 0 aliphatic rings. The highest BCUT2D eigenvalue weighted by atomic mass is 19.3. The van der Waals surface area contributed by atoms with Gasteiger partial charge in [-0.2, -0.15) is 4.39 Å². The standard InChI is InChI=1S/C7H8F3N3/c8-5-1-4(12)3(2-11)6(13-5)7(9)10/h1,7H,2,11H2,(H2,12,13). The Balaban J connectivity index is 3.29. The van der Waals surface area contributed by atoms with Gasteiger partial charge in [0, 0.05) is 23.9 Å². The normalized spacial score (nSPS) is 10.8. The van der Waals surface area contributed by atoms with Crippen LogP contribution in [0, 0.1) is 5.95 Å². The van der Waals surface area contributed by atoms with Crippen molar-refractivity contribution in [3.05, 3.63) is 23.3 Å². The van der Waals surface area contributed by atoms with Crippen LogP contribution in [0.3, 0.4) is 0 Å². The van der Waals surface area contributed by atoms with E-state index < -0.39 is 18.1 Å². The second kappa shape index (κ2) is 3.61. The predicted molar refractivity (Wildman–Crippen MR) is 41.5 cm³/mol. The predicted octanol–water partition coefficient (Wildman–Crippen LogP) is 1.20. The molecule has 0 amide bonds. The van der Waals surface area contributed by atoms with E-state index in [2.05, 4.69) is 4.98 Å². The molecule has 0 atom stereocenters. The van der Waals surface area contributed by atoms with Crippen LogP contribution >= 0.6 is 0 Å². The molecule has 0 bridgehead atoms. The van der Waals surface area contributed by atoms with Crippen LogP contribution < -0.4 is 11.5 Å². The van der Waals surface area contributed by atoms with Gasteiger partial charge in [-0.15, -0.1) is 0 Å². The van der Waals surface area contributed by atoms with Crippen molar-refractivity contribution in [1.29, 1.82) is 0 Å². The molecule has 0 saturated carbocycles. The maximum absolute atomic E-state index is 12.5. The fourth-order valence-electron chi connectivity index (χ4n) is 0.981. The number of halogens is 3. The van der Waals surface area contributed by atoms with Gasteiger partial charge in [-0.3, -0.25) is 0 Å². The van der Waals surface area contributed by atoms with Crippen LogP contribution in [-0.4, -0.2) is 4.98 Å². The average Bonchev–Trinajstić information content (AvgIpc) is 2.02. The molecule has 72 valence electrons. The molecule has 0 saturated heterocycles. The van der Waals surface area contributed by atoms with E-state index in [1.54, 1.807) is 0 Å². The number of hydrogen-bond acceptors (Lipinski definition) is 3. The Morgan fingerprint density at radius 1 is 1.46 bits per heavy atom. The summed E-state index contributed by atoms with van der Waals surface area (Å²) in [5.41, 5.74) is 9.66. The van der Waals surface area contributed by atoms with Gasteiger partial charge in [0.1, 0.15) is 5.69 Å². The molecule has 1 aromatic rings. The molecule has 0 radical (unpaired) electrons. The van der Waals surface area contributed by atoms with Gasteiger partial charge in [-0.1, -0.05) is 0 Å². The number of nitrogen functional groups attached to an aromatic ring is 1. The van der Waals surface area contributed by atoms with Crippen LogP contribution in [-0.2, 0) is 6.54 Å². The minimum Gasteiger partial charge on any atom is -0.398 e. The summed E-state index contributed by atoms with van der Waals surface area (Å²) in [6.45, 7) is -0.182. The number of hydrogen-bond donors (Lipinski definition) is 2. The van der Waals surface area contributed by atoms with E-state index in [9.17, 15) is 13.2 Å². The van der Waals surface area contributed by atoms with Gasteiger partial charge in [-0.25, -0.2) is 13.8 Å². The highest BCUT2D eigenvalue weighted by Gasteiger charge is 2.17. The zero-order valence-corrected chi connectivity index (χ0v) is 6.60. The first-order chi connectivity index (χ1) is 6.06. The second-order valence-electron chi connectivity index (χ2n) is 2.40. The van der Waals surface area contributed by atoms with Crippen molar-refractivity contribution in [2.45, 2.75) is 13.0 Å². The van der Waals surface area contributed by atoms with Gasteiger partial charge < -0.3 is 11.5 Å². The highest BCUT2D eigenvalue weighted by molar-refractivity contribution is 5.48. The zero-order chi connectivity index (χ0) is 10.0. The maximum atomic E-state index is 12.5.